The van der Waals surface area contributed by atoms with E-state index in [1.54, 1.807) is 36.5 Å². The number of nitrogens with zero attached hydrogens (tertiary/aromatic N) is 2. The van der Waals surface area contributed by atoms with E-state index in [9.17, 15) is 21.6 Å². The Bertz CT molecular complexity index is 2290. The van der Waals surface area contributed by atoms with Crippen LogP contribution in [0.25, 0.3) is 10.9 Å². The van der Waals surface area contributed by atoms with E-state index in [1.165, 1.54) is 0 Å². The summed E-state index contributed by atoms with van der Waals surface area (Å²) in [6.45, 7) is 2.88. The number of pyridine rings is 1. The molecular formula is C47H54Cl2F3N3O10S. The lowest BCUT2D eigenvalue weighted by atomic mass is 9.84. The molecule has 0 radical (unpaired) electrons. The van der Waals surface area contributed by atoms with Crippen molar-refractivity contribution >= 4 is 49.8 Å². The van der Waals surface area contributed by atoms with E-state index in [4.69, 9.17) is 61.5 Å². The van der Waals surface area contributed by atoms with Gasteiger partial charge in [-0.1, -0.05) is 65.7 Å². The lowest BCUT2D eigenvalue weighted by molar-refractivity contribution is -0.0857. The van der Waals surface area contributed by atoms with Gasteiger partial charge in [-0.25, -0.2) is 8.42 Å². The molecule has 1 aliphatic rings. The number of rotatable bonds is 27. The van der Waals surface area contributed by atoms with Gasteiger partial charge in [0.1, 0.15) is 18.6 Å². The Labute approximate surface area is 393 Å². The molecule has 2 heterocycles. The number of hydrogen-bond acceptors (Lipinski definition) is 12. The van der Waals surface area contributed by atoms with Crippen molar-refractivity contribution in [3.63, 3.8) is 0 Å². The van der Waals surface area contributed by atoms with Gasteiger partial charge in [-0.05, 0) is 83.3 Å². The molecule has 2 atom stereocenters. The summed E-state index contributed by atoms with van der Waals surface area (Å²) in [4.78, 5) is 4.55. The third kappa shape index (κ3) is 15.2. The zero-order valence-corrected chi connectivity index (χ0v) is 38.5. The molecule has 0 bridgehead atoms. The summed E-state index contributed by atoms with van der Waals surface area (Å²) < 4.78 is 106. The Morgan fingerprint density at radius 3 is 1.74 bits per heavy atom. The average Bonchev–Trinajstić information content (AvgIpc) is 3.31. The summed E-state index contributed by atoms with van der Waals surface area (Å²) in [5, 5.41) is 14.5. The molecule has 1 aromatic heterocycles. The van der Waals surface area contributed by atoms with E-state index in [2.05, 4.69) is 10.3 Å². The van der Waals surface area contributed by atoms with Crippen LogP contribution < -0.4 is 10.1 Å². The highest BCUT2D eigenvalue weighted by Gasteiger charge is 2.53. The number of halogens is 5. The van der Waals surface area contributed by atoms with Crippen LogP contribution in [0.3, 0.4) is 0 Å². The van der Waals surface area contributed by atoms with Crippen LogP contribution in [0, 0.1) is 0 Å². The topological polar surface area (TPSA) is 147 Å². The Balaban J connectivity index is 0.920. The van der Waals surface area contributed by atoms with Gasteiger partial charge in [-0.3, -0.25) is 4.98 Å². The van der Waals surface area contributed by atoms with Gasteiger partial charge in [0.25, 0.3) is 0 Å². The van der Waals surface area contributed by atoms with E-state index in [0.29, 0.717) is 84.2 Å². The van der Waals surface area contributed by atoms with Crippen molar-refractivity contribution in [2.45, 2.75) is 43.1 Å². The average molecular weight is 981 g/mol. The minimum Gasteiger partial charge on any atom is -0.491 e. The number of benzene rings is 4. The molecule has 66 heavy (non-hydrogen) atoms. The fourth-order valence-electron chi connectivity index (χ4n) is 7.31. The summed E-state index contributed by atoms with van der Waals surface area (Å²) in [6, 6.07) is 29.7. The molecule has 19 heteroatoms. The molecule has 13 nitrogen and oxygen atoms in total. The predicted molar refractivity (Wildman–Crippen MR) is 246 cm³/mol. The van der Waals surface area contributed by atoms with E-state index >= 15 is 0 Å². The van der Waals surface area contributed by atoms with Crippen LogP contribution in [-0.4, -0.2) is 126 Å². The maximum atomic E-state index is 13.8. The Hall–Kier alpha value is -4.11. The lowest BCUT2D eigenvalue weighted by Crippen LogP contribution is -2.54. The van der Waals surface area contributed by atoms with Gasteiger partial charge in [0, 0.05) is 52.2 Å². The Morgan fingerprint density at radius 1 is 0.697 bits per heavy atom. The highest BCUT2D eigenvalue weighted by atomic mass is 35.5. The van der Waals surface area contributed by atoms with Crippen LogP contribution in [-0.2, 0) is 45.1 Å². The second-order valence-electron chi connectivity index (χ2n) is 15.1. The second kappa shape index (κ2) is 25.9. The minimum atomic E-state index is -5.68. The highest BCUT2D eigenvalue weighted by Crippen LogP contribution is 2.37. The number of sulfonamides is 1. The third-order valence-corrected chi connectivity index (χ3v) is 12.7. The van der Waals surface area contributed by atoms with Crippen molar-refractivity contribution in [2.75, 3.05) is 91.1 Å². The van der Waals surface area contributed by atoms with Crippen molar-refractivity contribution in [2.24, 2.45) is 0 Å². The molecule has 358 valence electrons. The Kier molecular flexibility index (Phi) is 20.1. The van der Waals surface area contributed by atoms with Crippen LogP contribution in [0.2, 0.25) is 10.0 Å². The van der Waals surface area contributed by atoms with E-state index < -0.39 is 34.3 Å². The van der Waals surface area contributed by atoms with Gasteiger partial charge in [0.05, 0.1) is 84.8 Å². The number of nitrogens with one attached hydrogen (secondary N) is 1. The van der Waals surface area contributed by atoms with Gasteiger partial charge >= 0.3 is 15.5 Å². The first-order valence-corrected chi connectivity index (χ1v) is 23.7. The number of aliphatic hydroxyl groups excluding tert-OH is 1. The highest BCUT2D eigenvalue weighted by molar-refractivity contribution is 7.90. The van der Waals surface area contributed by atoms with Gasteiger partial charge in [0.15, 0.2) is 0 Å². The predicted octanol–water partition coefficient (Wildman–Crippen LogP) is 8.44. The Morgan fingerprint density at radius 2 is 1.21 bits per heavy atom. The van der Waals surface area contributed by atoms with Crippen LogP contribution in [0.1, 0.15) is 41.0 Å². The van der Waals surface area contributed by atoms with Crippen LogP contribution in [0.15, 0.2) is 103 Å². The number of alkyl halides is 3. The molecule has 4 aromatic carbocycles. The number of anilines is 1. The number of aromatic nitrogens is 1. The first-order chi connectivity index (χ1) is 31.9. The first-order valence-electron chi connectivity index (χ1n) is 21.5. The molecule has 6 rings (SSSR count). The molecule has 5 aromatic rings. The number of fused-ring (bicyclic) bond motifs is 1. The molecule has 1 saturated heterocycles. The lowest BCUT2D eigenvalue weighted by Gasteiger charge is -2.39. The van der Waals surface area contributed by atoms with Gasteiger partial charge < -0.3 is 43.6 Å². The molecule has 0 saturated carbocycles. The molecule has 0 aliphatic carbocycles. The number of ether oxygens (including phenoxy) is 7. The van der Waals surface area contributed by atoms with Crippen molar-refractivity contribution in [3.8, 4) is 5.75 Å². The van der Waals surface area contributed by atoms with Crippen molar-refractivity contribution in [3.05, 3.63) is 136 Å². The zero-order chi connectivity index (χ0) is 46.8. The van der Waals surface area contributed by atoms with Crippen LogP contribution >= 0.6 is 23.2 Å². The summed E-state index contributed by atoms with van der Waals surface area (Å²) in [5.74, 6) is 0.514. The quantitative estimate of drug-likeness (QED) is 0.0385. The number of piperidine rings is 1. The molecule has 2 unspecified atom stereocenters. The smallest absolute Gasteiger partial charge is 0.491 e. The molecule has 1 aliphatic heterocycles. The van der Waals surface area contributed by atoms with E-state index in [-0.39, 0.29) is 51.8 Å². The zero-order valence-electron chi connectivity index (χ0n) is 36.2. The van der Waals surface area contributed by atoms with Crippen LogP contribution in [0.4, 0.5) is 18.9 Å². The fraction of sp³-hybridized carbons (Fsp3) is 0.426. The summed E-state index contributed by atoms with van der Waals surface area (Å²) in [5.41, 5.74) is -0.345. The SMILES string of the molecule is O=S(=O)(N1CCC(Nc2ccnc3ccc(C(c4ccc(Cl)cc4)c4ccc(Cl)cc4)cc23)CC1OCCOCCOCCOCCOCCOCCOc1ccc(CO)cc1)C(F)(F)F. The summed E-state index contributed by atoms with van der Waals surface area (Å²) in [7, 11) is -5.68. The van der Waals surface area contributed by atoms with Crippen molar-refractivity contribution in [1.29, 1.82) is 0 Å². The van der Waals surface area contributed by atoms with E-state index in [0.717, 1.165) is 27.6 Å². The third-order valence-electron chi connectivity index (χ3n) is 10.6. The van der Waals surface area contributed by atoms with Crippen molar-refractivity contribution in [1.82, 2.24) is 9.29 Å². The first kappa shape index (κ1) is 51.3. The normalized spacial score (nSPS) is 16.0. The largest absolute Gasteiger partial charge is 0.511 e. The van der Waals surface area contributed by atoms with Gasteiger partial charge in [-0.15, -0.1) is 0 Å². The molecule has 0 spiro atoms. The van der Waals surface area contributed by atoms with E-state index in [1.807, 2.05) is 66.7 Å². The van der Waals surface area contributed by atoms with Crippen LogP contribution in [0.5, 0.6) is 5.75 Å². The second-order valence-corrected chi connectivity index (χ2v) is 17.9. The molecule has 2 N–H and O–H groups in total. The number of aliphatic hydroxyl groups is 1. The van der Waals surface area contributed by atoms with Gasteiger partial charge in [0.2, 0.25) is 0 Å². The monoisotopic (exact) mass is 979 g/mol. The van der Waals surface area contributed by atoms with Crippen molar-refractivity contribution < 1.29 is 59.9 Å². The maximum Gasteiger partial charge on any atom is 0.511 e. The molecule has 0 amide bonds. The molecule has 1 fully saturated rings. The maximum absolute atomic E-state index is 13.8. The summed E-state index contributed by atoms with van der Waals surface area (Å²) >= 11 is 12.5. The number of hydrogen-bond donors (Lipinski definition) is 2. The minimum absolute atomic E-state index is 0.00181. The standard InChI is InChI=1S/C47H54Cl2F3N3O10S/c48-38-8-3-35(4-9-38)46(36-5-10-39(49)11-6-36)37-7-14-43-42(31-37)44(15-17-53-43)54-40-16-18-55(66(57,58)47(50,51)52)45(32-40)65-30-28-63-26-24-61-22-20-59-19-21-60-23-25-62-27-29-64-41-12-1-34(33-56)2-13-41/h1-15,17,31,40,45-46,56H,16,18-30,32-33H2,(H,53,54). The fourth-order valence-corrected chi connectivity index (χ4v) is 8.63. The summed E-state index contributed by atoms with van der Waals surface area (Å²) in [6.07, 6.45) is 0.278. The van der Waals surface area contributed by atoms with Gasteiger partial charge in [-0.2, -0.15) is 17.5 Å². The molecular weight excluding hydrogens is 926 g/mol.